The van der Waals surface area contributed by atoms with Crippen LogP contribution in [0.1, 0.15) is 23.2 Å². The van der Waals surface area contributed by atoms with Gasteiger partial charge in [-0.1, -0.05) is 0 Å². The number of alkyl halides is 1. The lowest BCUT2D eigenvalue weighted by Gasteiger charge is -2.10. The Morgan fingerprint density at radius 3 is 2.88 bits per heavy atom. The van der Waals surface area contributed by atoms with Gasteiger partial charge in [-0.25, -0.2) is 4.39 Å². The number of carbonyl (C=O) groups is 1. The maximum absolute atomic E-state index is 12.9. The van der Waals surface area contributed by atoms with Crippen molar-refractivity contribution in [1.29, 1.82) is 0 Å². The van der Waals surface area contributed by atoms with Gasteiger partial charge in [-0.2, -0.15) is 0 Å². The summed E-state index contributed by atoms with van der Waals surface area (Å²) in [6.45, 7) is 0.453. The van der Waals surface area contributed by atoms with E-state index in [0.717, 1.165) is 12.8 Å². The highest BCUT2D eigenvalue weighted by atomic mass is 79.9. The van der Waals surface area contributed by atoms with Crippen molar-refractivity contribution < 1.29 is 9.18 Å². The summed E-state index contributed by atoms with van der Waals surface area (Å²) in [7, 11) is 0. The number of nitrogens with one attached hydrogen (secondary N) is 1. The summed E-state index contributed by atoms with van der Waals surface area (Å²) in [4.78, 5) is 11.8. The van der Waals surface area contributed by atoms with Crippen LogP contribution in [0.15, 0.2) is 22.7 Å². The average molecular weight is 321 g/mol. The highest BCUT2D eigenvalue weighted by molar-refractivity contribution is 9.10. The summed E-state index contributed by atoms with van der Waals surface area (Å²) in [6.07, 6.45) is 2.29. The third kappa shape index (κ3) is 3.42. The monoisotopic (exact) mass is 319 g/mol. The molecule has 0 heterocycles. The zero-order valence-corrected chi connectivity index (χ0v) is 11.4. The molecule has 0 spiro atoms. The zero-order chi connectivity index (χ0) is 12.4. The first-order valence-electron chi connectivity index (χ1n) is 5.45. The predicted octanol–water partition coefficient (Wildman–Crippen LogP) is 3.34. The molecule has 92 valence electrons. The van der Waals surface area contributed by atoms with Gasteiger partial charge in [0.05, 0.1) is 10.9 Å². The van der Waals surface area contributed by atoms with Crippen LogP contribution in [0, 0.1) is 11.7 Å². The maximum atomic E-state index is 12.9. The van der Waals surface area contributed by atoms with Crippen LogP contribution < -0.4 is 5.32 Å². The number of amides is 1. The summed E-state index contributed by atoms with van der Waals surface area (Å²) < 4.78 is 13.3. The molecule has 5 heteroatoms. The SMILES string of the molecule is O=C(NCC(Cl)C1CC1)c1ccc(F)cc1Br. The third-order valence-electron chi connectivity index (χ3n) is 2.77. The van der Waals surface area contributed by atoms with Crippen LogP contribution in [0.4, 0.5) is 4.39 Å². The van der Waals surface area contributed by atoms with Crippen molar-refractivity contribution in [3.63, 3.8) is 0 Å². The van der Waals surface area contributed by atoms with Crippen molar-refractivity contribution in [1.82, 2.24) is 5.32 Å². The van der Waals surface area contributed by atoms with E-state index in [-0.39, 0.29) is 17.1 Å². The second-order valence-corrected chi connectivity index (χ2v) is 5.60. The molecule has 1 aliphatic rings. The van der Waals surface area contributed by atoms with E-state index in [0.29, 0.717) is 22.5 Å². The van der Waals surface area contributed by atoms with Crippen molar-refractivity contribution in [3.8, 4) is 0 Å². The highest BCUT2D eigenvalue weighted by Crippen LogP contribution is 2.35. The van der Waals surface area contributed by atoms with Crippen molar-refractivity contribution in [2.75, 3.05) is 6.54 Å². The third-order valence-corrected chi connectivity index (χ3v) is 3.93. The fourth-order valence-corrected chi connectivity index (χ4v) is 2.44. The lowest BCUT2D eigenvalue weighted by Crippen LogP contribution is -2.30. The first kappa shape index (κ1) is 12.8. The molecule has 0 aromatic heterocycles. The highest BCUT2D eigenvalue weighted by Gasteiger charge is 2.29. The second-order valence-electron chi connectivity index (χ2n) is 4.19. The van der Waals surface area contributed by atoms with E-state index >= 15 is 0 Å². The number of hydrogen-bond acceptors (Lipinski definition) is 1. The molecule has 2 nitrogen and oxygen atoms in total. The Bertz CT molecular complexity index is 437. The van der Waals surface area contributed by atoms with Gasteiger partial charge in [0, 0.05) is 11.0 Å². The lowest BCUT2D eigenvalue weighted by atomic mass is 10.2. The molecule has 0 radical (unpaired) electrons. The Hall–Kier alpha value is -0.610. The minimum Gasteiger partial charge on any atom is -0.351 e. The van der Waals surface area contributed by atoms with Gasteiger partial charge in [0.25, 0.3) is 5.91 Å². The molecule has 0 saturated heterocycles. The van der Waals surface area contributed by atoms with Gasteiger partial charge in [-0.05, 0) is 52.9 Å². The van der Waals surface area contributed by atoms with E-state index in [1.165, 1.54) is 18.2 Å². The minimum atomic E-state index is -0.373. The molecule has 1 amide bonds. The zero-order valence-electron chi connectivity index (χ0n) is 9.05. The molecule has 1 atom stereocenters. The first-order chi connectivity index (χ1) is 8.08. The Kier molecular flexibility index (Phi) is 4.05. The molecule has 1 fully saturated rings. The molecule has 1 saturated carbocycles. The summed E-state index contributed by atoms with van der Waals surface area (Å²) in [5.74, 6) is -0.0709. The van der Waals surface area contributed by atoms with Gasteiger partial charge in [0.2, 0.25) is 0 Å². The van der Waals surface area contributed by atoms with Crippen molar-refractivity contribution in [3.05, 3.63) is 34.1 Å². The molecule has 2 rings (SSSR count). The average Bonchev–Trinajstić information content (AvgIpc) is 3.09. The largest absolute Gasteiger partial charge is 0.351 e. The van der Waals surface area contributed by atoms with Gasteiger partial charge in [-0.15, -0.1) is 11.6 Å². The molecule has 1 aromatic carbocycles. The van der Waals surface area contributed by atoms with Crippen LogP contribution in [0.5, 0.6) is 0 Å². The van der Waals surface area contributed by atoms with Gasteiger partial charge < -0.3 is 5.32 Å². The molecule has 0 aliphatic heterocycles. The Morgan fingerprint density at radius 1 is 1.59 bits per heavy atom. The lowest BCUT2D eigenvalue weighted by molar-refractivity contribution is 0.0952. The van der Waals surface area contributed by atoms with E-state index in [1.807, 2.05) is 0 Å². The molecule has 1 aliphatic carbocycles. The van der Waals surface area contributed by atoms with Gasteiger partial charge in [0.1, 0.15) is 5.82 Å². The van der Waals surface area contributed by atoms with E-state index in [1.54, 1.807) is 0 Å². The Labute approximate surface area is 113 Å². The fourth-order valence-electron chi connectivity index (χ4n) is 1.58. The van der Waals surface area contributed by atoms with Crippen LogP contribution in [-0.2, 0) is 0 Å². The first-order valence-corrected chi connectivity index (χ1v) is 6.68. The molecular weight excluding hydrogens is 308 g/mol. The number of rotatable bonds is 4. The van der Waals surface area contributed by atoms with Gasteiger partial charge in [0.15, 0.2) is 0 Å². The molecule has 1 N–H and O–H groups in total. The van der Waals surface area contributed by atoms with Gasteiger partial charge >= 0.3 is 0 Å². The smallest absolute Gasteiger partial charge is 0.252 e. The number of benzene rings is 1. The fraction of sp³-hybridized carbons (Fsp3) is 0.417. The van der Waals surface area contributed by atoms with Crippen LogP contribution in [-0.4, -0.2) is 17.8 Å². The quantitative estimate of drug-likeness (QED) is 0.847. The number of hydrogen-bond donors (Lipinski definition) is 1. The van der Waals surface area contributed by atoms with E-state index < -0.39 is 0 Å². The second kappa shape index (κ2) is 5.36. The van der Waals surface area contributed by atoms with Crippen LogP contribution in [0.3, 0.4) is 0 Å². The summed E-state index contributed by atoms with van der Waals surface area (Å²) >= 11 is 9.25. The van der Waals surface area contributed by atoms with Crippen LogP contribution in [0.2, 0.25) is 0 Å². The topological polar surface area (TPSA) is 29.1 Å². The van der Waals surface area contributed by atoms with E-state index in [4.69, 9.17) is 11.6 Å². The standard InChI is InChI=1S/C12H12BrClFNO/c13-10-5-8(15)3-4-9(10)12(17)16-6-11(14)7-1-2-7/h3-5,7,11H,1-2,6H2,(H,16,17). The number of carbonyl (C=O) groups excluding carboxylic acids is 1. The summed E-state index contributed by atoms with van der Waals surface area (Å²) in [5.41, 5.74) is 0.422. The van der Waals surface area contributed by atoms with Crippen LogP contribution >= 0.6 is 27.5 Å². The minimum absolute atomic E-state index is 0.00169. The van der Waals surface area contributed by atoms with E-state index in [2.05, 4.69) is 21.2 Å². The molecule has 17 heavy (non-hydrogen) atoms. The summed E-state index contributed by atoms with van der Waals surface area (Å²) in [5, 5.41) is 2.76. The maximum Gasteiger partial charge on any atom is 0.252 e. The van der Waals surface area contributed by atoms with Crippen molar-refractivity contribution in [2.45, 2.75) is 18.2 Å². The van der Waals surface area contributed by atoms with Crippen molar-refractivity contribution >= 4 is 33.4 Å². The van der Waals surface area contributed by atoms with Gasteiger partial charge in [-0.3, -0.25) is 4.79 Å². The molecule has 1 unspecified atom stereocenters. The molecule has 0 bridgehead atoms. The Morgan fingerprint density at radius 2 is 2.29 bits per heavy atom. The van der Waals surface area contributed by atoms with Crippen molar-refractivity contribution in [2.24, 2.45) is 5.92 Å². The molecular formula is C12H12BrClFNO. The molecule has 1 aromatic rings. The van der Waals surface area contributed by atoms with E-state index in [9.17, 15) is 9.18 Å². The normalized spacial score (nSPS) is 16.6. The van der Waals surface area contributed by atoms with Crippen LogP contribution in [0.25, 0.3) is 0 Å². The predicted molar refractivity (Wildman–Crippen MR) is 68.8 cm³/mol. The number of halogens is 3. The summed E-state index contributed by atoms with van der Waals surface area (Å²) in [6, 6.07) is 3.99. The Balaban J connectivity index is 1.94.